The van der Waals surface area contributed by atoms with Gasteiger partial charge in [0.25, 0.3) is 0 Å². The number of aromatic nitrogens is 3. The lowest BCUT2D eigenvalue weighted by Gasteiger charge is -2.12. The van der Waals surface area contributed by atoms with Gasteiger partial charge in [0, 0.05) is 19.8 Å². The Morgan fingerprint density at radius 1 is 1.16 bits per heavy atom. The van der Waals surface area contributed by atoms with Crippen LogP contribution in [0.2, 0.25) is 0 Å². The number of methoxy groups -OCH3 is 1. The van der Waals surface area contributed by atoms with Crippen molar-refractivity contribution in [2.45, 2.75) is 20.0 Å². The van der Waals surface area contributed by atoms with Crippen molar-refractivity contribution < 1.29 is 4.74 Å². The molecular weight excluding hydrogens is 316 g/mol. The van der Waals surface area contributed by atoms with E-state index in [1.165, 1.54) is 0 Å². The Kier molecular flexibility index (Phi) is 5.13. The normalized spacial score (nSPS) is 11.6. The average Bonchev–Trinajstić information content (AvgIpc) is 3.04. The molecule has 2 N–H and O–H groups in total. The Labute approximate surface area is 146 Å². The highest BCUT2D eigenvalue weighted by atomic mass is 16.5. The number of guanidine groups is 1. The van der Waals surface area contributed by atoms with Crippen molar-refractivity contribution in [1.82, 2.24) is 25.2 Å². The quantitative estimate of drug-likeness (QED) is 0.549. The van der Waals surface area contributed by atoms with Crippen molar-refractivity contribution >= 4 is 11.6 Å². The number of pyridine rings is 1. The number of benzene rings is 1. The van der Waals surface area contributed by atoms with E-state index in [4.69, 9.17) is 4.74 Å². The fraction of sp³-hybridized carbons (Fsp3) is 0.278. The molecule has 3 aromatic rings. The van der Waals surface area contributed by atoms with Crippen LogP contribution in [0.4, 0.5) is 0 Å². The molecule has 0 unspecified atom stereocenters. The summed E-state index contributed by atoms with van der Waals surface area (Å²) in [7, 11) is 3.42. The minimum absolute atomic E-state index is 0.530. The summed E-state index contributed by atoms with van der Waals surface area (Å²) in [6, 6.07) is 12.0. The van der Waals surface area contributed by atoms with Crippen LogP contribution in [-0.4, -0.2) is 34.7 Å². The number of aliphatic imine (C=N–C) groups is 1. The van der Waals surface area contributed by atoms with Gasteiger partial charge in [-0.2, -0.15) is 0 Å². The molecule has 0 aliphatic rings. The van der Waals surface area contributed by atoms with E-state index in [0.717, 1.165) is 28.3 Å². The predicted octanol–water partition coefficient (Wildman–Crippen LogP) is 1.91. The number of ether oxygens (including phenoxy) is 1. The van der Waals surface area contributed by atoms with Gasteiger partial charge in [0.1, 0.15) is 5.75 Å². The van der Waals surface area contributed by atoms with E-state index in [9.17, 15) is 0 Å². The summed E-state index contributed by atoms with van der Waals surface area (Å²) in [5, 5.41) is 14.9. The van der Waals surface area contributed by atoms with Crippen LogP contribution < -0.4 is 15.4 Å². The second-order valence-corrected chi connectivity index (χ2v) is 5.68. The first-order chi connectivity index (χ1) is 12.2. The maximum absolute atomic E-state index is 5.31. The number of aryl methyl sites for hydroxylation is 1. The van der Waals surface area contributed by atoms with E-state index in [2.05, 4.69) is 38.8 Å². The molecular formula is C18H22N6O. The Balaban J connectivity index is 1.61. The van der Waals surface area contributed by atoms with E-state index < -0.39 is 0 Å². The molecule has 1 aromatic carbocycles. The number of hydrogen-bond acceptors (Lipinski definition) is 4. The Morgan fingerprint density at radius 2 is 2.00 bits per heavy atom. The molecule has 3 rings (SSSR count). The van der Waals surface area contributed by atoms with E-state index in [1.54, 1.807) is 14.2 Å². The summed E-state index contributed by atoms with van der Waals surface area (Å²) in [6.07, 6.45) is 1.95. The molecule has 0 radical (unpaired) electrons. The molecule has 0 saturated heterocycles. The van der Waals surface area contributed by atoms with Crippen LogP contribution in [-0.2, 0) is 13.1 Å². The molecule has 0 spiro atoms. The second kappa shape index (κ2) is 7.65. The molecule has 0 atom stereocenters. The third kappa shape index (κ3) is 4.06. The molecule has 0 saturated carbocycles. The van der Waals surface area contributed by atoms with Crippen LogP contribution in [0.15, 0.2) is 47.6 Å². The summed E-state index contributed by atoms with van der Waals surface area (Å²) < 4.78 is 7.26. The zero-order valence-corrected chi connectivity index (χ0v) is 14.7. The van der Waals surface area contributed by atoms with Gasteiger partial charge in [0.05, 0.1) is 13.7 Å². The molecule has 0 aliphatic heterocycles. The molecule has 130 valence electrons. The van der Waals surface area contributed by atoms with Crippen molar-refractivity contribution in [1.29, 1.82) is 0 Å². The fourth-order valence-corrected chi connectivity index (χ4v) is 2.63. The maximum atomic E-state index is 5.31. The molecule has 0 fully saturated rings. The minimum atomic E-state index is 0.530. The Hall–Kier alpha value is -3.09. The Morgan fingerprint density at radius 3 is 2.80 bits per heavy atom. The zero-order valence-electron chi connectivity index (χ0n) is 14.7. The SMILES string of the molecule is CN=C(NCc1cc(C)cc(OC)c1)NCc1nnc2ccccn12. The van der Waals surface area contributed by atoms with Crippen molar-refractivity contribution in [3.05, 3.63) is 59.5 Å². The third-order valence-corrected chi connectivity index (χ3v) is 3.83. The highest BCUT2D eigenvalue weighted by molar-refractivity contribution is 5.79. The molecule has 0 bridgehead atoms. The number of nitrogens with zero attached hydrogens (tertiary/aromatic N) is 4. The lowest BCUT2D eigenvalue weighted by molar-refractivity contribution is 0.414. The third-order valence-electron chi connectivity index (χ3n) is 3.83. The largest absolute Gasteiger partial charge is 0.497 e. The lowest BCUT2D eigenvalue weighted by atomic mass is 10.1. The van der Waals surface area contributed by atoms with Crippen molar-refractivity contribution in [3.8, 4) is 5.75 Å². The monoisotopic (exact) mass is 338 g/mol. The first kappa shape index (κ1) is 16.8. The van der Waals surface area contributed by atoms with Gasteiger partial charge >= 0.3 is 0 Å². The van der Waals surface area contributed by atoms with Gasteiger partial charge in [0.15, 0.2) is 17.4 Å². The molecule has 0 amide bonds. The van der Waals surface area contributed by atoms with Gasteiger partial charge in [-0.1, -0.05) is 12.1 Å². The topological polar surface area (TPSA) is 75.8 Å². The highest BCUT2D eigenvalue weighted by Gasteiger charge is 2.06. The Bertz CT molecular complexity index is 886. The van der Waals surface area contributed by atoms with E-state index in [-0.39, 0.29) is 0 Å². The van der Waals surface area contributed by atoms with Gasteiger partial charge in [-0.15, -0.1) is 10.2 Å². The van der Waals surface area contributed by atoms with E-state index in [1.807, 2.05) is 40.9 Å². The smallest absolute Gasteiger partial charge is 0.191 e. The van der Waals surface area contributed by atoms with Crippen LogP contribution in [0.3, 0.4) is 0 Å². The van der Waals surface area contributed by atoms with Gasteiger partial charge in [-0.3, -0.25) is 9.39 Å². The first-order valence-electron chi connectivity index (χ1n) is 8.07. The molecule has 7 heteroatoms. The van der Waals surface area contributed by atoms with E-state index in [0.29, 0.717) is 19.0 Å². The van der Waals surface area contributed by atoms with Crippen LogP contribution in [0.25, 0.3) is 5.65 Å². The molecule has 7 nitrogen and oxygen atoms in total. The number of nitrogens with one attached hydrogen (secondary N) is 2. The summed E-state index contributed by atoms with van der Waals surface area (Å²) in [5.74, 6) is 2.39. The summed E-state index contributed by atoms with van der Waals surface area (Å²) in [6.45, 7) is 3.23. The molecule has 25 heavy (non-hydrogen) atoms. The standard InChI is InChI=1S/C18H22N6O/c1-13-8-14(10-15(9-13)25-3)11-20-18(19-2)21-12-17-23-22-16-6-4-5-7-24(16)17/h4-10H,11-12H2,1-3H3,(H2,19,20,21). The summed E-state index contributed by atoms with van der Waals surface area (Å²) in [4.78, 5) is 4.25. The van der Waals surface area contributed by atoms with Crippen molar-refractivity contribution in [2.24, 2.45) is 4.99 Å². The average molecular weight is 338 g/mol. The maximum Gasteiger partial charge on any atom is 0.191 e. The first-order valence-corrected chi connectivity index (χ1v) is 8.07. The van der Waals surface area contributed by atoms with E-state index >= 15 is 0 Å². The highest BCUT2D eigenvalue weighted by Crippen LogP contribution is 2.16. The summed E-state index contributed by atoms with van der Waals surface area (Å²) >= 11 is 0. The lowest BCUT2D eigenvalue weighted by Crippen LogP contribution is -2.36. The van der Waals surface area contributed by atoms with Crippen LogP contribution in [0, 0.1) is 6.92 Å². The van der Waals surface area contributed by atoms with Gasteiger partial charge in [0.2, 0.25) is 0 Å². The van der Waals surface area contributed by atoms with Crippen molar-refractivity contribution in [2.75, 3.05) is 14.2 Å². The number of fused-ring (bicyclic) bond motifs is 1. The van der Waals surface area contributed by atoms with Gasteiger partial charge < -0.3 is 15.4 Å². The summed E-state index contributed by atoms with van der Waals surface area (Å²) in [5.41, 5.74) is 3.12. The molecule has 2 aromatic heterocycles. The zero-order chi connectivity index (χ0) is 17.6. The molecule has 2 heterocycles. The van der Waals surface area contributed by atoms with Crippen LogP contribution in [0.5, 0.6) is 5.75 Å². The van der Waals surface area contributed by atoms with Crippen molar-refractivity contribution in [3.63, 3.8) is 0 Å². The predicted molar refractivity (Wildman–Crippen MR) is 97.8 cm³/mol. The number of rotatable bonds is 5. The van der Waals surface area contributed by atoms with Crippen LogP contribution in [0.1, 0.15) is 17.0 Å². The van der Waals surface area contributed by atoms with Crippen LogP contribution >= 0.6 is 0 Å². The molecule has 0 aliphatic carbocycles. The second-order valence-electron chi connectivity index (χ2n) is 5.68. The number of hydrogen-bond donors (Lipinski definition) is 2. The van der Waals surface area contributed by atoms with Gasteiger partial charge in [-0.25, -0.2) is 0 Å². The minimum Gasteiger partial charge on any atom is -0.497 e. The fourth-order valence-electron chi connectivity index (χ4n) is 2.63. The van der Waals surface area contributed by atoms with Gasteiger partial charge in [-0.05, 0) is 42.3 Å².